The van der Waals surface area contributed by atoms with Crippen LogP contribution in [-0.2, 0) is 9.59 Å². The summed E-state index contributed by atoms with van der Waals surface area (Å²) in [7, 11) is 0. The Labute approximate surface area is 225 Å². The third-order valence-corrected chi connectivity index (χ3v) is 6.90. The standard InChI is InChI=1S/C29H30N4O6/c1-18(28(36)31-21-8-10-23(11-9-21)39-17-26(34)35)30-29(37)19-7-12-25-24(15-19)32-27(20-13-14-38-16-20)33(25)22-5-3-2-4-6-22/h7-16,18,22H,2-6,17H2,1H3,(H,30,37)(H,31,36)(H,34,35). The van der Waals surface area contributed by atoms with Crippen LogP contribution in [0.4, 0.5) is 5.69 Å². The number of hydrogen-bond acceptors (Lipinski definition) is 6. The predicted octanol–water partition coefficient (Wildman–Crippen LogP) is 5.02. The summed E-state index contributed by atoms with van der Waals surface area (Å²) in [4.78, 5) is 41.2. The lowest BCUT2D eigenvalue weighted by Crippen LogP contribution is -2.41. The van der Waals surface area contributed by atoms with E-state index in [9.17, 15) is 14.4 Å². The molecule has 1 atom stereocenters. The number of ether oxygens (including phenoxy) is 1. The summed E-state index contributed by atoms with van der Waals surface area (Å²) in [6, 6.07) is 13.2. The molecule has 10 heteroatoms. The molecule has 4 aromatic rings. The van der Waals surface area contributed by atoms with E-state index in [0.29, 0.717) is 28.6 Å². The van der Waals surface area contributed by atoms with Crippen LogP contribution in [0.2, 0.25) is 0 Å². The van der Waals surface area contributed by atoms with Crippen LogP contribution in [0, 0.1) is 0 Å². The molecule has 2 heterocycles. The molecule has 0 aliphatic heterocycles. The maximum Gasteiger partial charge on any atom is 0.341 e. The fourth-order valence-electron chi connectivity index (χ4n) is 4.92. The van der Waals surface area contributed by atoms with Crippen LogP contribution in [0.15, 0.2) is 65.5 Å². The van der Waals surface area contributed by atoms with E-state index in [2.05, 4.69) is 15.2 Å². The van der Waals surface area contributed by atoms with Crippen molar-refractivity contribution in [2.45, 2.75) is 51.1 Å². The third-order valence-electron chi connectivity index (χ3n) is 6.90. The van der Waals surface area contributed by atoms with Crippen LogP contribution in [0.25, 0.3) is 22.4 Å². The number of aromatic nitrogens is 2. The van der Waals surface area contributed by atoms with E-state index >= 15 is 0 Å². The molecular weight excluding hydrogens is 500 g/mol. The molecule has 1 saturated carbocycles. The van der Waals surface area contributed by atoms with Crippen molar-refractivity contribution >= 4 is 34.5 Å². The number of hydrogen-bond donors (Lipinski definition) is 3. The molecule has 39 heavy (non-hydrogen) atoms. The summed E-state index contributed by atoms with van der Waals surface area (Å²) < 4.78 is 12.7. The molecule has 0 radical (unpaired) electrons. The number of furan rings is 1. The van der Waals surface area contributed by atoms with Crippen molar-refractivity contribution in [2.75, 3.05) is 11.9 Å². The Morgan fingerprint density at radius 3 is 2.56 bits per heavy atom. The lowest BCUT2D eigenvalue weighted by Gasteiger charge is -2.25. The molecule has 2 aromatic heterocycles. The van der Waals surface area contributed by atoms with Crippen LogP contribution < -0.4 is 15.4 Å². The maximum absolute atomic E-state index is 13.0. The van der Waals surface area contributed by atoms with Crippen LogP contribution in [0.3, 0.4) is 0 Å². The van der Waals surface area contributed by atoms with Gasteiger partial charge < -0.3 is 29.5 Å². The summed E-state index contributed by atoms with van der Waals surface area (Å²) in [6.07, 6.45) is 9.09. The molecule has 1 aliphatic rings. The highest BCUT2D eigenvalue weighted by Gasteiger charge is 2.24. The van der Waals surface area contributed by atoms with Gasteiger partial charge in [0.1, 0.15) is 23.9 Å². The number of anilines is 1. The Hall–Kier alpha value is -4.60. The largest absolute Gasteiger partial charge is 0.482 e. The average molecular weight is 531 g/mol. The first kappa shape index (κ1) is 26.0. The van der Waals surface area contributed by atoms with Gasteiger partial charge in [0.2, 0.25) is 5.91 Å². The number of carboxylic acid groups (broad SMARTS) is 1. The minimum Gasteiger partial charge on any atom is -0.482 e. The van der Waals surface area contributed by atoms with Crippen LogP contribution in [0.5, 0.6) is 5.75 Å². The lowest BCUT2D eigenvalue weighted by molar-refractivity contribution is -0.139. The van der Waals surface area contributed by atoms with E-state index in [1.165, 1.54) is 19.3 Å². The average Bonchev–Trinajstić information content (AvgIpc) is 3.61. The van der Waals surface area contributed by atoms with Crippen molar-refractivity contribution < 1.29 is 28.6 Å². The Kier molecular flexibility index (Phi) is 7.62. The fraction of sp³-hybridized carbons (Fsp3) is 0.310. The second kappa shape index (κ2) is 11.4. The number of nitrogens with one attached hydrogen (secondary N) is 2. The summed E-state index contributed by atoms with van der Waals surface area (Å²) in [5, 5.41) is 14.2. The zero-order valence-electron chi connectivity index (χ0n) is 21.6. The molecule has 0 bridgehead atoms. The number of amides is 2. The summed E-state index contributed by atoms with van der Waals surface area (Å²) >= 11 is 0. The van der Waals surface area contributed by atoms with Crippen molar-refractivity contribution in [3.05, 3.63) is 66.6 Å². The summed E-state index contributed by atoms with van der Waals surface area (Å²) in [5.74, 6) is -0.655. The van der Waals surface area contributed by atoms with Gasteiger partial charge in [0.15, 0.2) is 6.61 Å². The van der Waals surface area contributed by atoms with Crippen molar-refractivity contribution in [3.8, 4) is 17.1 Å². The maximum atomic E-state index is 13.0. The number of nitrogens with zero attached hydrogens (tertiary/aromatic N) is 2. The second-order valence-corrected chi connectivity index (χ2v) is 9.70. The van der Waals surface area contributed by atoms with Crippen molar-refractivity contribution in [3.63, 3.8) is 0 Å². The molecule has 2 amide bonds. The predicted molar refractivity (Wildman–Crippen MR) is 145 cm³/mol. The van der Waals surface area contributed by atoms with Gasteiger partial charge in [-0.3, -0.25) is 9.59 Å². The van der Waals surface area contributed by atoms with E-state index in [4.69, 9.17) is 19.2 Å². The van der Waals surface area contributed by atoms with Crippen LogP contribution in [0.1, 0.15) is 55.4 Å². The zero-order valence-corrected chi connectivity index (χ0v) is 21.6. The van der Waals surface area contributed by atoms with Gasteiger partial charge in [0.05, 0.1) is 22.9 Å². The first-order valence-corrected chi connectivity index (χ1v) is 13.0. The van der Waals surface area contributed by atoms with Crippen molar-refractivity contribution in [2.24, 2.45) is 0 Å². The number of benzene rings is 2. The molecule has 1 unspecified atom stereocenters. The molecule has 1 fully saturated rings. The van der Waals surface area contributed by atoms with Gasteiger partial charge in [-0.25, -0.2) is 9.78 Å². The minimum atomic E-state index is -1.08. The molecular formula is C29H30N4O6. The molecule has 2 aromatic carbocycles. The smallest absolute Gasteiger partial charge is 0.341 e. The molecule has 0 spiro atoms. The van der Waals surface area contributed by atoms with E-state index < -0.39 is 24.5 Å². The van der Waals surface area contributed by atoms with E-state index in [1.807, 2.05) is 12.1 Å². The van der Waals surface area contributed by atoms with Gasteiger partial charge in [-0.15, -0.1) is 0 Å². The minimum absolute atomic E-state index is 0.342. The van der Waals surface area contributed by atoms with Gasteiger partial charge >= 0.3 is 5.97 Å². The van der Waals surface area contributed by atoms with Crippen molar-refractivity contribution in [1.82, 2.24) is 14.9 Å². The van der Waals surface area contributed by atoms with Gasteiger partial charge in [-0.05, 0) is 68.3 Å². The molecule has 3 N–H and O–H groups in total. The van der Waals surface area contributed by atoms with Gasteiger partial charge in [-0.1, -0.05) is 19.3 Å². The SMILES string of the molecule is CC(NC(=O)c1ccc2c(c1)nc(-c1ccoc1)n2C1CCCCC1)C(=O)Nc1ccc(OCC(=O)O)cc1. The van der Waals surface area contributed by atoms with Gasteiger partial charge in [0, 0.05) is 17.3 Å². The molecule has 5 rings (SSSR count). The molecule has 0 saturated heterocycles. The number of imidazole rings is 1. The van der Waals surface area contributed by atoms with Gasteiger partial charge in [-0.2, -0.15) is 0 Å². The van der Waals surface area contributed by atoms with Crippen LogP contribution >= 0.6 is 0 Å². The quantitative estimate of drug-likeness (QED) is 0.276. The summed E-state index contributed by atoms with van der Waals surface area (Å²) in [6.45, 7) is 1.15. The molecule has 202 valence electrons. The topological polar surface area (TPSA) is 136 Å². The Morgan fingerprint density at radius 2 is 1.87 bits per heavy atom. The van der Waals surface area contributed by atoms with E-state index in [-0.39, 0.29) is 5.91 Å². The van der Waals surface area contributed by atoms with Crippen molar-refractivity contribution in [1.29, 1.82) is 0 Å². The highest BCUT2D eigenvalue weighted by molar-refractivity contribution is 6.02. The molecule has 1 aliphatic carbocycles. The first-order valence-electron chi connectivity index (χ1n) is 13.0. The number of carbonyl (C=O) groups excluding carboxylic acids is 2. The second-order valence-electron chi connectivity index (χ2n) is 9.70. The Morgan fingerprint density at radius 1 is 1.10 bits per heavy atom. The monoisotopic (exact) mass is 530 g/mol. The summed E-state index contributed by atoms with van der Waals surface area (Å²) in [5.41, 5.74) is 3.48. The number of carbonyl (C=O) groups is 3. The van der Waals surface area contributed by atoms with E-state index in [0.717, 1.165) is 29.7 Å². The fourth-order valence-corrected chi connectivity index (χ4v) is 4.92. The number of aliphatic carboxylic acids is 1. The molecule has 10 nitrogen and oxygen atoms in total. The zero-order chi connectivity index (χ0) is 27.4. The number of fused-ring (bicyclic) bond motifs is 1. The highest BCUT2D eigenvalue weighted by atomic mass is 16.5. The number of rotatable bonds is 9. The van der Waals surface area contributed by atoms with E-state index in [1.54, 1.807) is 55.8 Å². The lowest BCUT2D eigenvalue weighted by atomic mass is 9.95. The first-order chi connectivity index (χ1) is 18.9. The number of carboxylic acids is 1. The highest BCUT2D eigenvalue weighted by Crippen LogP contribution is 2.36. The third kappa shape index (κ3) is 5.95. The van der Waals surface area contributed by atoms with Crippen LogP contribution in [-0.4, -0.2) is 45.1 Å². The Balaban J connectivity index is 1.28. The van der Waals surface area contributed by atoms with Gasteiger partial charge in [0.25, 0.3) is 5.91 Å². The normalized spacial score (nSPS) is 14.6. The Bertz CT molecular complexity index is 1470.